The normalized spacial score (nSPS) is 14.3. The Labute approximate surface area is 203 Å². The quantitative estimate of drug-likeness (QED) is 0.506. The Morgan fingerprint density at radius 1 is 1.03 bits per heavy atom. The summed E-state index contributed by atoms with van der Waals surface area (Å²) in [6, 6.07) is 14.9. The topological polar surface area (TPSA) is 91.7 Å². The Morgan fingerprint density at radius 3 is 2.40 bits per heavy atom. The maximum absolute atomic E-state index is 15.0. The van der Waals surface area contributed by atoms with Crippen LogP contribution in [0.4, 0.5) is 10.1 Å². The number of amides is 3. The minimum absolute atomic E-state index is 0.00618. The number of carbonyl (C=O) groups excluding carboxylic acids is 3. The van der Waals surface area contributed by atoms with E-state index in [9.17, 15) is 14.4 Å². The highest BCUT2D eigenvalue weighted by molar-refractivity contribution is 6.04. The average Bonchev–Trinajstić information content (AvgIpc) is 3.57. The number of hydrogen-bond donors (Lipinski definition) is 2. The molecule has 1 saturated carbocycles. The molecule has 3 aromatic rings. The van der Waals surface area contributed by atoms with Crippen LogP contribution in [0, 0.1) is 12.7 Å². The van der Waals surface area contributed by atoms with Crippen molar-refractivity contribution in [2.75, 3.05) is 11.4 Å². The summed E-state index contributed by atoms with van der Waals surface area (Å²) in [5.41, 5.74) is 1.48. The predicted octanol–water partition coefficient (Wildman–Crippen LogP) is 4.29. The van der Waals surface area contributed by atoms with Crippen molar-refractivity contribution < 1.29 is 23.2 Å². The molecule has 0 unspecified atom stereocenters. The van der Waals surface area contributed by atoms with Crippen LogP contribution in [-0.4, -0.2) is 30.3 Å². The Kier molecular flexibility index (Phi) is 7.60. The van der Waals surface area contributed by atoms with Gasteiger partial charge in [0.25, 0.3) is 5.91 Å². The zero-order chi connectivity index (χ0) is 24.8. The van der Waals surface area contributed by atoms with Crippen LogP contribution in [-0.2, 0) is 9.59 Å². The van der Waals surface area contributed by atoms with Crippen molar-refractivity contribution in [1.29, 1.82) is 0 Å². The molecule has 182 valence electrons. The van der Waals surface area contributed by atoms with E-state index < -0.39 is 36.1 Å². The number of nitrogens with one attached hydrogen (secondary N) is 2. The van der Waals surface area contributed by atoms with Crippen molar-refractivity contribution in [2.24, 2.45) is 0 Å². The fourth-order valence-electron chi connectivity index (χ4n) is 4.32. The molecule has 1 aliphatic rings. The molecule has 35 heavy (non-hydrogen) atoms. The number of carbonyl (C=O) groups is 3. The number of aryl methyl sites for hydroxylation is 1. The van der Waals surface area contributed by atoms with E-state index in [0.717, 1.165) is 36.1 Å². The molecule has 1 fully saturated rings. The zero-order valence-corrected chi connectivity index (χ0v) is 19.5. The monoisotopic (exact) mass is 477 g/mol. The molecule has 2 aromatic carbocycles. The number of nitrogens with zero attached hydrogens (tertiary/aromatic N) is 1. The molecule has 1 aliphatic carbocycles. The van der Waals surface area contributed by atoms with E-state index in [4.69, 9.17) is 4.42 Å². The SMILES string of the molecule is Cc1ccc([C@@H](C(=O)NC2CCCC2)N(C(=O)CNC(=O)c2ccco2)c2ccccc2F)cc1. The van der Waals surface area contributed by atoms with E-state index in [0.29, 0.717) is 5.56 Å². The molecule has 4 rings (SSSR count). The summed E-state index contributed by atoms with van der Waals surface area (Å²) in [6.45, 7) is 1.47. The number of halogens is 1. The van der Waals surface area contributed by atoms with E-state index in [2.05, 4.69) is 10.6 Å². The summed E-state index contributed by atoms with van der Waals surface area (Å²) in [7, 11) is 0. The van der Waals surface area contributed by atoms with Gasteiger partial charge in [-0.25, -0.2) is 4.39 Å². The Hall–Kier alpha value is -3.94. The first-order chi connectivity index (χ1) is 16.9. The minimum atomic E-state index is -1.12. The molecule has 0 aliphatic heterocycles. The largest absolute Gasteiger partial charge is 0.459 e. The summed E-state index contributed by atoms with van der Waals surface area (Å²) < 4.78 is 20.1. The molecule has 1 heterocycles. The van der Waals surface area contributed by atoms with Gasteiger partial charge >= 0.3 is 0 Å². The Morgan fingerprint density at radius 2 is 1.74 bits per heavy atom. The van der Waals surface area contributed by atoms with Crippen molar-refractivity contribution in [2.45, 2.75) is 44.7 Å². The number of benzene rings is 2. The second-order valence-electron chi connectivity index (χ2n) is 8.68. The van der Waals surface area contributed by atoms with Gasteiger partial charge < -0.3 is 15.1 Å². The lowest BCUT2D eigenvalue weighted by molar-refractivity contribution is -0.126. The van der Waals surface area contributed by atoms with Gasteiger partial charge in [-0.05, 0) is 49.6 Å². The minimum Gasteiger partial charge on any atom is -0.459 e. The van der Waals surface area contributed by atoms with Crippen LogP contribution in [0.1, 0.15) is 53.4 Å². The summed E-state index contributed by atoms with van der Waals surface area (Å²) in [5, 5.41) is 5.55. The number of furan rings is 1. The Bertz CT molecular complexity index is 1170. The van der Waals surface area contributed by atoms with Gasteiger partial charge in [-0.15, -0.1) is 0 Å². The fraction of sp³-hybridized carbons (Fsp3) is 0.296. The molecule has 3 amide bonds. The van der Waals surface area contributed by atoms with E-state index in [1.54, 1.807) is 24.3 Å². The van der Waals surface area contributed by atoms with Gasteiger partial charge in [0.05, 0.1) is 18.5 Å². The predicted molar refractivity (Wildman–Crippen MR) is 129 cm³/mol. The smallest absolute Gasteiger partial charge is 0.287 e. The van der Waals surface area contributed by atoms with Crippen LogP contribution in [0.25, 0.3) is 0 Å². The molecule has 0 radical (unpaired) electrons. The highest BCUT2D eigenvalue weighted by Crippen LogP contribution is 2.31. The van der Waals surface area contributed by atoms with Crippen molar-refractivity contribution in [3.63, 3.8) is 0 Å². The van der Waals surface area contributed by atoms with Crippen LogP contribution >= 0.6 is 0 Å². The number of hydrogen-bond acceptors (Lipinski definition) is 4. The molecule has 0 spiro atoms. The van der Waals surface area contributed by atoms with Gasteiger partial charge in [0, 0.05) is 6.04 Å². The lowest BCUT2D eigenvalue weighted by atomic mass is 10.0. The molecule has 1 aromatic heterocycles. The first-order valence-electron chi connectivity index (χ1n) is 11.7. The fourth-order valence-corrected chi connectivity index (χ4v) is 4.32. The molecular formula is C27H28FN3O4. The molecule has 1 atom stereocenters. The molecule has 8 heteroatoms. The molecule has 7 nitrogen and oxygen atoms in total. The zero-order valence-electron chi connectivity index (χ0n) is 19.5. The third kappa shape index (κ3) is 5.77. The van der Waals surface area contributed by atoms with Gasteiger partial charge in [-0.2, -0.15) is 0 Å². The lowest BCUT2D eigenvalue weighted by Gasteiger charge is -2.32. The summed E-state index contributed by atoms with van der Waals surface area (Å²) in [5.74, 6) is -2.22. The number of para-hydroxylation sites is 1. The highest BCUT2D eigenvalue weighted by Gasteiger charge is 2.35. The summed E-state index contributed by atoms with van der Waals surface area (Å²) in [6.07, 6.45) is 5.12. The second-order valence-corrected chi connectivity index (χ2v) is 8.68. The Balaban J connectivity index is 1.69. The molecule has 0 bridgehead atoms. The summed E-state index contributed by atoms with van der Waals surface area (Å²) >= 11 is 0. The highest BCUT2D eigenvalue weighted by atomic mass is 19.1. The summed E-state index contributed by atoms with van der Waals surface area (Å²) in [4.78, 5) is 40.6. The third-order valence-electron chi connectivity index (χ3n) is 6.13. The van der Waals surface area contributed by atoms with Crippen molar-refractivity contribution in [3.05, 3.63) is 89.6 Å². The van der Waals surface area contributed by atoms with Crippen molar-refractivity contribution in [3.8, 4) is 0 Å². The van der Waals surface area contributed by atoms with Crippen LogP contribution in [0.15, 0.2) is 71.3 Å². The van der Waals surface area contributed by atoms with Crippen molar-refractivity contribution in [1.82, 2.24) is 10.6 Å². The van der Waals surface area contributed by atoms with E-state index >= 15 is 4.39 Å². The standard InChI is InChI=1S/C27H28FN3O4/c1-18-12-14-19(15-13-18)25(27(34)30-20-7-2-3-8-20)31(22-10-5-4-9-21(22)28)24(32)17-29-26(33)23-11-6-16-35-23/h4-6,9-16,20,25H,2-3,7-8,17H2,1H3,(H,29,33)(H,30,34)/t25-/m0/s1. The average molecular weight is 478 g/mol. The van der Waals surface area contributed by atoms with Gasteiger partial charge in [-0.1, -0.05) is 54.8 Å². The van der Waals surface area contributed by atoms with Crippen LogP contribution < -0.4 is 15.5 Å². The molecular weight excluding hydrogens is 449 g/mol. The van der Waals surface area contributed by atoms with Crippen LogP contribution in [0.5, 0.6) is 0 Å². The third-order valence-corrected chi connectivity index (χ3v) is 6.13. The van der Waals surface area contributed by atoms with Crippen LogP contribution in [0.2, 0.25) is 0 Å². The van der Waals surface area contributed by atoms with Gasteiger partial charge in [0.15, 0.2) is 5.76 Å². The van der Waals surface area contributed by atoms with Gasteiger partial charge in [-0.3, -0.25) is 19.3 Å². The number of rotatable bonds is 8. The van der Waals surface area contributed by atoms with Crippen molar-refractivity contribution >= 4 is 23.4 Å². The van der Waals surface area contributed by atoms with Crippen LogP contribution in [0.3, 0.4) is 0 Å². The molecule has 0 saturated heterocycles. The maximum Gasteiger partial charge on any atom is 0.287 e. The van der Waals surface area contributed by atoms with E-state index in [1.807, 2.05) is 19.1 Å². The maximum atomic E-state index is 15.0. The first kappa shape index (κ1) is 24.2. The molecule has 2 N–H and O–H groups in total. The second kappa shape index (κ2) is 11.0. The lowest BCUT2D eigenvalue weighted by Crippen LogP contribution is -2.49. The van der Waals surface area contributed by atoms with Gasteiger partial charge in [0.1, 0.15) is 11.9 Å². The van der Waals surface area contributed by atoms with E-state index in [-0.39, 0.29) is 17.5 Å². The van der Waals surface area contributed by atoms with E-state index in [1.165, 1.54) is 30.5 Å². The number of anilines is 1. The first-order valence-corrected chi connectivity index (χ1v) is 11.7. The van der Waals surface area contributed by atoms with Gasteiger partial charge in [0.2, 0.25) is 11.8 Å².